The van der Waals surface area contributed by atoms with Crippen LogP contribution in [0.5, 0.6) is 5.75 Å². The fraction of sp³-hybridized carbons (Fsp3) is 0.448. The number of rotatable bonds is 8. The second-order valence-electron chi connectivity index (χ2n) is 11.2. The third-order valence-electron chi connectivity index (χ3n) is 6.90. The molecule has 0 saturated heterocycles. The maximum absolute atomic E-state index is 13.7. The van der Waals surface area contributed by atoms with E-state index in [1.54, 1.807) is 7.11 Å². The lowest BCUT2D eigenvalue weighted by Gasteiger charge is -2.34. The highest BCUT2D eigenvalue weighted by atomic mass is 35.5. The van der Waals surface area contributed by atoms with Gasteiger partial charge in [-0.05, 0) is 55.5 Å². The van der Waals surface area contributed by atoms with E-state index in [1.807, 2.05) is 67.8 Å². The number of amides is 1. The fourth-order valence-electron chi connectivity index (χ4n) is 5.43. The summed E-state index contributed by atoms with van der Waals surface area (Å²) in [5.41, 5.74) is 2.75. The molecule has 1 atom stereocenters. The number of halogens is 1. The van der Waals surface area contributed by atoms with Crippen molar-refractivity contribution in [1.29, 1.82) is 0 Å². The normalized spacial score (nSPS) is 15.4. The lowest BCUT2D eigenvalue weighted by atomic mass is 9.72. The van der Waals surface area contributed by atoms with Crippen molar-refractivity contribution < 1.29 is 9.53 Å². The number of nitrogens with zero attached hydrogens (tertiary/aromatic N) is 4. The fourth-order valence-corrected chi connectivity index (χ4v) is 5.56. The highest BCUT2D eigenvalue weighted by Gasteiger charge is 2.37. The molecule has 1 aliphatic rings. The Balaban J connectivity index is 1.83. The maximum Gasteiger partial charge on any atom is 0.227 e. The molecule has 0 saturated carbocycles. The minimum atomic E-state index is -0.730. The van der Waals surface area contributed by atoms with Crippen molar-refractivity contribution in [2.45, 2.75) is 67.0 Å². The molecular weight excluding hydrogens is 486 g/mol. The van der Waals surface area contributed by atoms with Crippen molar-refractivity contribution in [2.24, 2.45) is 15.8 Å². The number of hydrogen-bond donors (Lipinski definition) is 1. The van der Waals surface area contributed by atoms with E-state index in [1.165, 1.54) is 0 Å². The number of carbonyl (C=O) groups excluding carboxylic acids is 1. The number of methoxy groups -OCH3 is 1. The Morgan fingerprint density at radius 3 is 2.46 bits per heavy atom. The van der Waals surface area contributed by atoms with E-state index in [-0.39, 0.29) is 11.3 Å². The molecule has 1 aromatic heterocycles. The molecule has 8 heteroatoms. The smallest absolute Gasteiger partial charge is 0.227 e. The SMILES string of the molecule is CCCC(C)(C)CC(C)(C)C(=O)N[C@@H]1N=C(c2ccc(Cl)cc2)c2cc(OC)ccc2-n2c(C)nnc21. The van der Waals surface area contributed by atoms with Gasteiger partial charge in [0.1, 0.15) is 11.6 Å². The van der Waals surface area contributed by atoms with E-state index in [4.69, 9.17) is 21.3 Å². The molecule has 196 valence electrons. The number of aliphatic imine (C=N–C) groups is 1. The number of nitrogens with one attached hydrogen (secondary N) is 1. The molecule has 1 amide bonds. The van der Waals surface area contributed by atoms with Crippen molar-refractivity contribution in [2.75, 3.05) is 7.11 Å². The molecule has 0 bridgehead atoms. The van der Waals surface area contributed by atoms with Crippen LogP contribution in [0, 0.1) is 17.8 Å². The van der Waals surface area contributed by atoms with Crippen molar-refractivity contribution >= 4 is 23.2 Å². The molecule has 1 aliphatic heterocycles. The average Bonchev–Trinajstić information content (AvgIpc) is 3.15. The summed E-state index contributed by atoms with van der Waals surface area (Å²) in [6.07, 6.45) is 2.15. The van der Waals surface area contributed by atoms with Crippen LogP contribution in [0.15, 0.2) is 47.5 Å². The van der Waals surface area contributed by atoms with Gasteiger partial charge in [0, 0.05) is 21.6 Å². The van der Waals surface area contributed by atoms with Gasteiger partial charge < -0.3 is 10.1 Å². The summed E-state index contributed by atoms with van der Waals surface area (Å²) >= 11 is 6.19. The Labute approximate surface area is 224 Å². The predicted octanol–water partition coefficient (Wildman–Crippen LogP) is 6.45. The van der Waals surface area contributed by atoms with E-state index in [0.717, 1.165) is 36.1 Å². The summed E-state index contributed by atoms with van der Waals surface area (Å²) in [7, 11) is 1.64. The summed E-state index contributed by atoms with van der Waals surface area (Å²) < 4.78 is 7.50. The van der Waals surface area contributed by atoms with Gasteiger partial charge in [-0.3, -0.25) is 14.4 Å². The highest BCUT2D eigenvalue weighted by molar-refractivity contribution is 6.30. The van der Waals surface area contributed by atoms with Crippen molar-refractivity contribution in [3.8, 4) is 11.4 Å². The van der Waals surface area contributed by atoms with E-state index < -0.39 is 11.6 Å². The second kappa shape index (κ2) is 10.3. The summed E-state index contributed by atoms with van der Waals surface area (Å²) in [6.45, 7) is 12.5. The van der Waals surface area contributed by atoms with Gasteiger partial charge in [-0.25, -0.2) is 0 Å². The summed E-state index contributed by atoms with van der Waals surface area (Å²) in [5, 5.41) is 12.6. The van der Waals surface area contributed by atoms with E-state index in [2.05, 4.69) is 36.3 Å². The van der Waals surface area contributed by atoms with Gasteiger partial charge >= 0.3 is 0 Å². The number of hydrogen-bond acceptors (Lipinski definition) is 5. The number of fused-ring (bicyclic) bond motifs is 3. The predicted molar refractivity (Wildman–Crippen MR) is 148 cm³/mol. The van der Waals surface area contributed by atoms with Crippen LogP contribution in [-0.2, 0) is 4.79 Å². The first-order valence-corrected chi connectivity index (χ1v) is 13.1. The summed E-state index contributed by atoms with van der Waals surface area (Å²) in [6, 6.07) is 13.4. The average molecular weight is 522 g/mol. The van der Waals surface area contributed by atoms with Crippen LogP contribution < -0.4 is 10.1 Å². The zero-order chi connectivity index (χ0) is 27.0. The standard InChI is InChI=1S/C29H36ClN5O2/c1-8-15-28(3,4)17-29(5,6)27(36)32-25-26-34-33-18(2)35(26)23-14-13-21(37-7)16-22(23)24(31-25)19-9-11-20(30)12-10-19/h9-14,16,25H,8,15,17H2,1-7H3,(H,32,36)/t25-/m0/s1. The van der Waals surface area contributed by atoms with Crippen LogP contribution >= 0.6 is 11.6 Å². The van der Waals surface area contributed by atoms with Gasteiger partial charge in [-0.1, -0.05) is 64.8 Å². The zero-order valence-electron chi connectivity index (χ0n) is 22.7. The van der Waals surface area contributed by atoms with Crippen LogP contribution in [0.4, 0.5) is 0 Å². The van der Waals surface area contributed by atoms with Gasteiger partial charge in [0.25, 0.3) is 0 Å². The van der Waals surface area contributed by atoms with Crippen molar-refractivity contribution in [1.82, 2.24) is 20.1 Å². The number of ether oxygens (including phenoxy) is 1. The molecule has 7 nitrogen and oxygen atoms in total. The first-order chi connectivity index (χ1) is 17.5. The number of aryl methyl sites for hydroxylation is 1. The van der Waals surface area contributed by atoms with Crippen LogP contribution in [0.1, 0.15) is 82.8 Å². The van der Waals surface area contributed by atoms with Crippen molar-refractivity contribution in [3.63, 3.8) is 0 Å². The Kier molecular flexibility index (Phi) is 7.47. The largest absolute Gasteiger partial charge is 0.497 e. The zero-order valence-corrected chi connectivity index (χ0v) is 23.5. The third kappa shape index (κ3) is 5.57. The van der Waals surface area contributed by atoms with Gasteiger partial charge in [-0.15, -0.1) is 10.2 Å². The van der Waals surface area contributed by atoms with Crippen LogP contribution in [0.2, 0.25) is 5.02 Å². The second-order valence-corrected chi connectivity index (χ2v) is 11.6. The number of carbonyl (C=O) groups is 1. The summed E-state index contributed by atoms with van der Waals surface area (Å²) in [4.78, 5) is 18.8. The molecule has 1 N–H and O–H groups in total. The van der Waals surface area contributed by atoms with Crippen LogP contribution in [0.3, 0.4) is 0 Å². The first kappa shape index (κ1) is 26.9. The lowest BCUT2D eigenvalue weighted by Crippen LogP contribution is -2.41. The van der Waals surface area contributed by atoms with Gasteiger partial charge in [0.2, 0.25) is 5.91 Å². The molecule has 2 heterocycles. The number of benzene rings is 2. The van der Waals surface area contributed by atoms with Crippen molar-refractivity contribution in [3.05, 3.63) is 70.3 Å². The monoisotopic (exact) mass is 521 g/mol. The Bertz CT molecular complexity index is 1320. The topological polar surface area (TPSA) is 81.4 Å². The molecule has 2 aromatic carbocycles. The van der Waals surface area contributed by atoms with E-state index in [0.29, 0.717) is 28.1 Å². The molecule has 3 aromatic rings. The van der Waals surface area contributed by atoms with E-state index >= 15 is 0 Å². The first-order valence-electron chi connectivity index (χ1n) is 12.7. The lowest BCUT2D eigenvalue weighted by molar-refractivity contribution is -0.131. The molecule has 0 aliphatic carbocycles. The highest BCUT2D eigenvalue weighted by Crippen LogP contribution is 2.38. The van der Waals surface area contributed by atoms with Gasteiger partial charge in [0.05, 0.1) is 18.5 Å². The molecular formula is C29H36ClN5O2. The van der Waals surface area contributed by atoms with Gasteiger partial charge in [-0.2, -0.15) is 0 Å². The molecule has 0 unspecified atom stereocenters. The van der Waals surface area contributed by atoms with Crippen LogP contribution in [-0.4, -0.2) is 33.5 Å². The molecule has 37 heavy (non-hydrogen) atoms. The molecule has 4 rings (SSSR count). The Hall–Kier alpha value is -3.19. The van der Waals surface area contributed by atoms with Crippen LogP contribution in [0.25, 0.3) is 5.69 Å². The molecule has 0 fully saturated rings. The maximum atomic E-state index is 13.7. The summed E-state index contributed by atoms with van der Waals surface area (Å²) in [5.74, 6) is 1.90. The Morgan fingerprint density at radius 2 is 1.81 bits per heavy atom. The molecule has 0 spiro atoms. The Morgan fingerprint density at radius 1 is 1.11 bits per heavy atom. The van der Waals surface area contributed by atoms with Gasteiger partial charge in [0.15, 0.2) is 12.0 Å². The number of aromatic nitrogens is 3. The minimum absolute atomic E-state index is 0.0418. The quantitative estimate of drug-likeness (QED) is 0.369. The third-order valence-corrected chi connectivity index (χ3v) is 7.15. The minimum Gasteiger partial charge on any atom is -0.497 e. The molecule has 0 radical (unpaired) electrons. The van der Waals surface area contributed by atoms with E-state index in [9.17, 15) is 4.79 Å².